The van der Waals surface area contributed by atoms with Gasteiger partial charge >= 0.3 is 5.97 Å². The van der Waals surface area contributed by atoms with Gasteiger partial charge in [0.25, 0.3) is 0 Å². The molecule has 0 saturated heterocycles. The fraction of sp³-hybridized carbons (Fsp3) is 0.176. The Morgan fingerprint density at radius 2 is 1.73 bits per heavy atom. The number of nitrogens with zero attached hydrogens (tertiary/aromatic N) is 1. The fourth-order valence-electron chi connectivity index (χ4n) is 4.67. The Morgan fingerprint density at radius 1 is 0.977 bits per heavy atom. The molecule has 0 aromatic heterocycles. The maximum Gasteiger partial charge on any atom is 0.352 e. The monoisotopic (exact) mass is 598 g/mol. The molecule has 0 saturated carbocycles. The van der Waals surface area contributed by atoms with Gasteiger partial charge in [0.05, 0.1) is 12.5 Å². The van der Waals surface area contributed by atoms with E-state index in [2.05, 4.69) is 6.07 Å². The molecule has 1 aliphatic rings. The van der Waals surface area contributed by atoms with Gasteiger partial charge in [0.1, 0.15) is 47.1 Å². The van der Waals surface area contributed by atoms with Gasteiger partial charge in [-0.05, 0) is 67.9 Å². The first kappa shape index (κ1) is 29.9. The number of carbonyl (C=O) groups excluding carboxylic acids is 1. The van der Waals surface area contributed by atoms with E-state index < -0.39 is 23.8 Å². The molecule has 5 rings (SSSR count). The normalized spacial score (nSPS) is 14.5. The number of esters is 1. The molecule has 0 spiro atoms. The molecule has 44 heavy (non-hydrogen) atoms. The highest BCUT2D eigenvalue weighted by Crippen LogP contribution is 2.45. The summed E-state index contributed by atoms with van der Waals surface area (Å²) in [5, 5.41) is 9.99. The van der Waals surface area contributed by atoms with E-state index in [9.17, 15) is 18.8 Å². The molecule has 0 amide bonds. The number of allylic oxidation sites excluding steroid dienone is 1. The molecule has 4 aromatic carbocycles. The molecule has 0 aliphatic carbocycles. The average Bonchev–Trinajstić information content (AvgIpc) is 3.01. The zero-order valence-corrected chi connectivity index (χ0v) is 23.9. The summed E-state index contributed by atoms with van der Waals surface area (Å²) in [5.41, 5.74) is 8.03. The van der Waals surface area contributed by atoms with E-state index in [0.717, 1.165) is 0 Å². The summed E-state index contributed by atoms with van der Waals surface area (Å²) in [6, 6.07) is 23.7. The van der Waals surface area contributed by atoms with Crippen LogP contribution in [0, 0.1) is 23.0 Å². The summed E-state index contributed by atoms with van der Waals surface area (Å²) >= 11 is 0. The number of hydrogen-bond acceptors (Lipinski definition) is 8. The molecule has 10 heteroatoms. The lowest BCUT2D eigenvalue weighted by molar-refractivity contribution is -0.141. The van der Waals surface area contributed by atoms with Gasteiger partial charge < -0.3 is 29.4 Å². The maximum atomic E-state index is 14.1. The highest BCUT2D eigenvalue weighted by molar-refractivity contribution is 5.77. The highest BCUT2D eigenvalue weighted by atomic mass is 19.1. The average molecular weight is 599 g/mol. The number of ether oxygens (including phenoxy) is 5. The predicted octanol–water partition coefficient (Wildman–Crippen LogP) is 6.53. The van der Waals surface area contributed by atoms with Crippen molar-refractivity contribution in [2.75, 3.05) is 6.61 Å². The smallest absolute Gasteiger partial charge is 0.352 e. The highest BCUT2D eigenvalue weighted by Gasteiger charge is 2.32. The second-order valence-electron chi connectivity index (χ2n) is 9.78. The summed E-state index contributed by atoms with van der Waals surface area (Å²) < 4.78 is 55.9. The number of nitriles is 1. The maximum absolute atomic E-state index is 14.1. The van der Waals surface area contributed by atoms with Crippen molar-refractivity contribution in [1.82, 2.24) is 0 Å². The molecule has 224 valence electrons. The third-order valence-electron chi connectivity index (χ3n) is 6.81. The Morgan fingerprint density at radius 3 is 2.45 bits per heavy atom. The first-order chi connectivity index (χ1) is 21.3. The Balaban J connectivity index is 1.39. The predicted molar refractivity (Wildman–Crippen MR) is 156 cm³/mol. The Hall–Kier alpha value is -5.56. The van der Waals surface area contributed by atoms with Gasteiger partial charge in [-0.1, -0.05) is 30.3 Å². The van der Waals surface area contributed by atoms with Crippen LogP contribution < -0.4 is 29.4 Å². The van der Waals surface area contributed by atoms with Crippen LogP contribution in [0.3, 0.4) is 0 Å². The zero-order chi connectivity index (χ0) is 31.2. The van der Waals surface area contributed by atoms with Crippen molar-refractivity contribution in [2.24, 2.45) is 5.73 Å². The minimum absolute atomic E-state index is 0.00243. The number of halogens is 2. The molecular weight excluding hydrogens is 570 g/mol. The van der Waals surface area contributed by atoms with Crippen molar-refractivity contribution < 1.29 is 37.3 Å². The van der Waals surface area contributed by atoms with Crippen molar-refractivity contribution in [3.8, 4) is 34.8 Å². The summed E-state index contributed by atoms with van der Waals surface area (Å²) in [4.78, 5) is 12.7. The minimum atomic E-state index is -0.989. The molecule has 0 fully saturated rings. The quantitative estimate of drug-likeness (QED) is 0.162. The second-order valence-corrected chi connectivity index (χ2v) is 9.78. The van der Waals surface area contributed by atoms with Gasteiger partial charge in [-0.15, -0.1) is 0 Å². The van der Waals surface area contributed by atoms with E-state index in [1.165, 1.54) is 43.3 Å². The molecule has 1 heterocycles. The lowest BCUT2D eigenvalue weighted by Crippen LogP contribution is -2.28. The van der Waals surface area contributed by atoms with Crippen LogP contribution in [0.5, 0.6) is 28.7 Å². The number of benzene rings is 4. The fourth-order valence-corrected chi connectivity index (χ4v) is 4.67. The molecule has 0 radical (unpaired) electrons. The van der Waals surface area contributed by atoms with Crippen molar-refractivity contribution >= 4 is 5.97 Å². The van der Waals surface area contributed by atoms with Gasteiger partial charge in [-0.3, -0.25) is 0 Å². The Labute approximate surface area is 252 Å². The summed E-state index contributed by atoms with van der Waals surface area (Å²) in [6.45, 7) is 3.67. The number of hydrogen-bond donors (Lipinski definition) is 1. The molecule has 1 aliphatic heterocycles. The lowest BCUT2D eigenvalue weighted by Gasteiger charge is -2.27. The standard InChI is InChI=1S/C34H28F2N2O6/c1-3-40-31-16-21(8-15-29(31)41-19-22-6-4-5-7-28(22)36)32-26-14-13-25(17-30(26)44-33(38)27(32)18-37)43-34(39)20(2)42-24-11-9-23(35)10-12-24/h4-17,20,32H,3,19,38H2,1-2H3. The SMILES string of the molecule is CCOc1cc(C2C(C#N)=C(N)Oc3cc(OC(=O)C(C)Oc4ccc(F)cc4)ccc32)ccc1OCc1ccccc1F. The summed E-state index contributed by atoms with van der Waals surface area (Å²) in [5.74, 6) is -0.630. The summed E-state index contributed by atoms with van der Waals surface area (Å²) in [6.07, 6.45) is -0.989. The van der Waals surface area contributed by atoms with Crippen molar-refractivity contribution in [3.05, 3.63) is 125 Å². The topological polar surface area (TPSA) is 113 Å². The number of carbonyl (C=O) groups is 1. The van der Waals surface area contributed by atoms with Crippen molar-refractivity contribution in [1.29, 1.82) is 5.26 Å². The minimum Gasteiger partial charge on any atom is -0.490 e. The van der Waals surface area contributed by atoms with Gasteiger partial charge in [-0.25, -0.2) is 13.6 Å². The van der Waals surface area contributed by atoms with Gasteiger partial charge in [0.15, 0.2) is 17.6 Å². The van der Waals surface area contributed by atoms with Gasteiger partial charge in [0.2, 0.25) is 5.88 Å². The van der Waals surface area contributed by atoms with E-state index in [4.69, 9.17) is 29.4 Å². The molecule has 0 bridgehead atoms. The van der Waals surface area contributed by atoms with Gasteiger partial charge in [0, 0.05) is 17.2 Å². The second kappa shape index (κ2) is 13.2. The van der Waals surface area contributed by atoms with Crippen LogP contribution in [0.25, 0.3) is 0 Å². The van der Waals surface area contributed by atoms with E-state index in [1.54, 1.807) is 48.5 Å². The Bertz CT molecular complexity index is 1750. The van der Waals surface area contributed by atoms with Crippen LogP contribution >= 0.6 is 0 Å². The van der Waals surface area contributed by atoms with Crippen LogP contribution in [0.15, 0.2) is 96.4 Å². The number of rotatable bonds is 10. The van der Waals surface area contributed by atoms with Crippen molar-refractivity contribution in [3.63, 3.8) is 0 Å². The number of fused-ring (bicyclic) bond motifs is 1. The number of nitrogens with two attached hydrogens (primary N) is 1. The molecular formula is C34H28F2N2O6. The van der Waals surface area contributed by atoms with Crippen LogP contribution in [0.1, 0.15) is 36.5 Å². The molecule has 8 nitrogen and oxygen atoms in total. The van der Waals surface area contributed by atoms with Crippen LogP contribution in [0.4, 0.5) is 8.78 Å². The molecule has 2 atom stereocenters. The Kier molecular flexibility index (Phi) is 8.95. The molecule has 4 aromatic rings. The third-order valence-corrected chi connectivity index (χ3v) is 6.81. The summed E-state index contributed by atoms with van der Waals surface area (Å²) in [7, 11) is 0. The van der Waals surface area contributed by atoms with Crippen LogP contribution in [-0.2, 0) is 11.4 Å². The van der Waals surface area contributed by atoms with Crippen LogP contribution in [0.2, 0.25) is 0 Å². The van der Waals surface area contributed by atoms with Gasteiger partial charge in [-0.2, -0.15) is 5.26 Å². The van der Waals surface area contributed by atoms with E-state index in [1.807, 2.05) is 6.92 Å². The zero-order valence-electron chi connectivity index (χ0n) is 23.9. The lowest BCUT2D eigenvalue weighted by atomic mass is 9.83. The largest absolute Gasteiger partial charge is 0.490 e. The first-order valence-electron chi connectivity index (χ1n) is 13.8. The van der Waals surface area contributed by atoms with E-state index in [0.29, 0.717) is 46.3 Å². The van der Waals surface area contributed by atoms with Crippen LogP contribution in [-0.4, -0.2) is 18.7 Å². The van der Waals surface area contributed by atoms with Crippen molar-refractivity contribution in [2.45, 2.75) is 32.5 Å². The molecule has 2 unspecified atom stereocenters. The van der Waals surface area contributed by atoms with E-state index in [-0.39, 0.29) is 29.6 Å². The third kappa shape index (κ3) is 6.57. The molecule has 2 N–H and O–H groups in total. The van der Waals surface area contributed by atoms with E-state index >= 15 is 0 Å². The first-order valence-corrected chi connectivity index (χ1v) is 13.8.